The lowest BCUT2D eigenvalue weighted by Crippen LogP contribution is -2.13. The Labute approximate surface area is 99.1 Å². The van der Waals surface area contributed by atoms with Gasteiger partial charge in [0.15, 0.2) is 0 Å². The van der Waals surface area contributed by atoms with E-state index < -0.39 is 5.97 Å². The van der Waals surface area contributed by atoms with Crippen LogP contribution in [0.15, 0.2) is 30.3 Å². The topological polar surface area (TPSA) is 57.0 Å². The van der Waals surface area contributed by atoms with Crippen molar-refractivity contribution in [1.29, 1.82) is 0 Å². The first-order valence-corrected chi connectivity index (χ1v) is 5.38. The van der Waals surface area contributed by atoms with Crippen molar-refractivity contribution in [1.82, 2.24) is 14.8 Å². The Morgan fingerprint density at radius 2 is 2.00 bits per heavy atom. The van der Waals surface area contributed by atoms with Crippen molar-refractivity contribution in [2.24, 2.45) is 0 Å². The number of nitrogens with zero attached hydrogens (tertiary/aromatic N) is 3. The number of aryl methyl sites for hydroxylation is 1. The van der Waals surface area contributed by atoms with Gasteiger partial charge in [0.25, 0.3) is 0 Å². The Bertz CT molecular complexity index is 520. The number of hydrogen-bond acceptors (Lipinski definition) is 4. The van der Waals surface area contributed by atoms with Gasteiger partial charge in [-0.05, 0) is 26.0 Å². The molecule has 0 unspecified atom stereocenters. The van der Waals surface area contributed by atoms with Gasteiger partial charge in [0.1, 0.15) is 5.82 Å². The minimum absolute atomic E-state index is 0.204. The predicted molar refractivity (Wildman–Crippen MR) is 62.1 cm³/mol. The minimum Gasteiger partial charge on any atom is -0.460 e. The van der Waals surface area contributed by atoms with Crippen LogP contribution in [0.5, 0.6) is 0 Å². The van der Waals surface area contributed by atoms with Gasteiger partial charge in [0.05, 0.1) is 6.61 Å². The van der Waals surface area contributed by atoms with Crippen LogP contribution in [-0.2, 0) is 4.74 Å². The molecule has 17 heavy (non-hydrogen) atoms. The zero-order chi connectivity index (χ0) is 12.3. The van der Waals surface area contributed by atoms with E-state index in [1.165, 1.54) is 0 Å². The molecule has 0 bridgehead atoms. The van der Waals surface area contributed by atoms with E-state index in [0.717, 1.165) is 5.69 Å². The molecular weight excluding hydrogens is 218 g/mol. The fourth-order valence-electron chi connectivity index (χ4n) is 1.58. The Morgan fingerprint density at radius 1 is 1.29 bits per heavy atom. The highest BCUT2D eigenvalue weighted by Gasteiger charge is 2.18. The molecule has 0 aliphatic heterocycles. The van der Waals surface area contributed by atoms with Gasteiger partial charge in [0.2, 0.25) is 5.82 Å². The largest absolute Gasteiger partial charge is 0.460 e. The molecule has 0 aliphatic rings. The average molecular weight is 231 g/mol. The summed E-state index contributed by atoms with van der Waals surface area (Å²) in [4.78, 5) is 11.7. The molecule has 0 aliphatic carbocycles. The summed E-state index contributed by atoms with van der Waals surface area (Å²) < 4.78 is 6.62. The molecule has 0 N–H and O–H groups in total. The quantitative estimate of drug-likeness (QED) is 0.755. The molecular formula is C12H13N3O2. The van der Waals surface area contributed by atoms with Crippen LogP contribution >= 0.6 is 0 Å². The number of esters is 1. The van der Waals surface area contributed by atoms with E-state index in [1.807, 2.05) is 30.3 Å². The third-order valence-corrected chi connectivity index (χ3v) is 2.30. The molecule has 0 spiro atoms. The summed E-state index contributed by atoms with van der Waals surface area (Å²) in [5.41, 5.74) is 0.845. The van der Waals surface area contributed by atoms with Crippen molar-refractivity contribution in [2.45, 2.75) is 13.8 Å². The number of rotatable bonds is 3. The maximum Gasteiger partial charge on any atom is 0.376 e. The van der Waals surface area contributed by atoms with E-state index in [2.05, 4.69) is 10.2 Å². The number of hydrogen-bond donors (Lipinski definition) is 0. The van der Waals surface area contributed by atoms with Gasteiger partial charge in [-0.3, -0.25) is 4.57 Å². The summed E-state index contributed by atoms with van der Waals surface area (Å²) in [6.07, 6.45) is 0. The Balaban J connectivity index is 2.47. The molecule has 88 valence electrons. The van der Waals surface area contributed by atoms with Gasteiger partial charge in [-0.25, -0.2) is 4.79 Å². The lowest BCUT2D eigenvalue weighted by Gasteiger charge is -2.07. The van der Waals surface area contributed by atoms with Crippen LogP contribution in [-0.4, -0.2) is 27.3 Å². The van der Waals surface area contributed by atoms with Gasteiger partial charge in [0, 0.05) is 5.69 Å². The normalized spacial score (nSPS) is 10.2. The van der Waals surface area contributed by atoms with Crippen molar-refractivity contribution in [3.05, 3.63) is 42.0 Å². The highest BCUT2D eigenvalue weighted by molar-refractivity contribution is 5.86. The summed E-state index contributed by atoms with van der Waals surface area (Å²) in [6, 6.07) is 9.47. The van der Waals surface area contributed by atoms with Gasteiger partial charge >= 0.3 is 5.97 Å². The van der Waals surface area contributed by atoms with Gasteiger partial charge in [-0.2, -0.15) is 0 Å². The Hall–Kier alpha value is -2.17. The van der Waals surface area contributed by atoms with Crippen LogP contribution in [0, 0.1) is 6.92 Å². The number of carbonyl (C=O) groups excluding carboxylic acids is 1. The van der Waals surface area contributed by atoms with E-state index in [4.69, 9.17) is 4.74 Å². The molecule has 1 aromatic heterocycles. The second-order valence-electron chi connectivity index (χ2n) is 3.46. The van der Waals surface area contributed by atoms with Crippen molar-refractivity contribution in [3.8, 4) is 5.69 Å². The van der Waals surface area contributed by atoms with E-state index in [9.17, 15) is 4.79 Å². The molecule has 0 saturated carbocycles. The van der Waals surface area contributed by atoms with Crippen molar-refractivity contribution in [2.75, 3.05) is 6.61 Å². The first-order chi connectivity index (χ1) is 8.24. The Kier molecular flexibility index (Phi) is 3.18. The number of carbonyl (C=O) groups is 1. The molecule has 1 heterocycles. The standard InChI is InChI=1S/C12H13N3O2/c1-3-17-12(16)11-14-13-9(2)15(11)10-7-5-4-6-8-10/h4-8H,3H2,1-2H3. The molecule has 0 radical (unpaired) electrons. The van der Waals surface area contributed by atoms with Crippen LogP contribution in [0.1, 0.15) is 23.4 Å². The zero-order valence-electron chi connectivity index (χ0n) is 9.75. The van der Waals surface area contributed by atoms with Crippen LogP contribution in [0.25, 0.3) is 5.69 Å². The molecule has 0 amide bonds. The third kappa shape index (κ3) is 2.18. The fraction of sp³-hybridized carbons (Fsp3) is 0.250. The maximum atomic E-state index is 11.7. The molecule has 0 saturated heterocycles. The van der Waals surface area contributed by atoms with E-state index in [0.29, 0.717) is 12.4 Å². The summed E-state index contributed by atoms with van der Waals surface area (Å²) in [5.74, 6) is 0.395. The van der Waals surface area contributed by atoms with E-state index >= 15 is 0 Å². The summed E-state index contributed by atoms with van der Waals surface area (Å²) >= 11 is 0. The molecule has 5 nitrogen and oxygen atoms in total. The summed E-state index contributed by atoms with van der Waals surface area (Å²) in [7, 11) is 0. The van der Waals surface area contributed by atoms with E-state index in [1.54, 1.807) is 18.4 Å². The summed E-state index contributed by atoms with van der Waals surface area (Å²) in [6.45, 7) is 3.87. The van der Waals surface area contributed by atoms with Gasteiger partial charge in [-0.15, -0.1) is 10.2 Å². The highest BCUT2D eigenvalue weighted by Crippen LogP contribution is 2.13. The summed E-state index contributed by atoms with van der Waals surface area (Å²) in [5, 5.41) is 7.76. The fourth-order valence-corrected chi connectivity index (χ4v) is 1.58. The first kappa shape index (κ1) is 11.3. The van der Waals surface area contributed by atoms with E-state index in [-0.39, 0.29) is 5.82 Å². The second kappa shape index (κ2) is 4.78. The van der Waals surface area contributed by atoms with Crippen LogP contribution < -0.4 is 0 Å². The molecule has 5 heteroatoms. The molecule has 2 rings (SSSR count). The first-order valence-electron chi connectivity index (χ1n) is 5.38. The third-order valence-electron chi connectivity index (χ3n) is 2.30. The molecule has 0 fully saturated rings. The number of aromatic nitrogens is 3. The number of benzene rings is 1. The monoisotopic (exact) mass is 231 g/mol. The maximum absolute atomic E-state index is 11.7. The van der Waals surface area contributed by atoms with Crippen molar-refractivity contribution >= 4 is 5.97 Å². The lowest BCUT2D eigenvalue weighted by molar-refractivity contribution is 0.0509. The second-order valence-corrected chi connectivity index (χ2v) is 3.46. The number of para-hydroxylation sites is 1. The lowest BCUT2D eigenvalue weighted by atomic mass is 10.3. The van der Waals surface area contributed by atoms with Gasteiger partial charge in [-0.1, -0.05) is 18.2 Å². The van der Waals surface area contributed by atoms with Crippen LogP contribution in [0.4, 0.5) is 0 Å². The predicted octanol–water partition coefficient (Wildman–Crippen LogP) is 1.75. The molecule has 1 aromatic carbocycles. The highest BCUT2D eigenvalue weighted by atomic mass is 16.5. The van der Waals surface area contributed by atoms with Crippen molar-refractivity contribution < 1.29 is 9.53 Å². The number of ether oxygens (including phenoxy) is 1. The minimum atomic E-state index is -0.461. The molecule has 0 atom stereocenters. The average Bonchev–Trinajstić information content (AvgIpc) is 2.73. The van der Waals surface area contributed by atoms with Crippen molar-refractivity contribution in [3.63, 3.8) is 0 Å². The smallest absolute Gasteiger partial charge is 0.376 e. The zero-order valence-corrected chi connectivity index (χ0v) is 9.75. The Morgan fingerprint density at radius 3 is 2.65 bits per heavy atom. The van der Waals surface area contributed by atoms with Gasteiger partial charge < -0.3 is 4.74 Å². The van der Waals surface area contributed by atoms with Crippen LogP contribution in [0.3, 0.4) is 0 Å². The molecule has 2 aromatic rings. The van der Waals surface area contributed by atoms with Crippen LogP contribution in [0.2, 0.25) is 0 Å². The SMILES string of the molecule is CCOC(=O)c1nnc(C)n1-c1ccccc1.